The van der Waals surface area contributed by atoms with Crippen molar-refractivity contribution in [2.24, 2.45) is 0 Å². The van der Waals surface area contributed by atoms with Gasteiger partial charge in [0.25, 0.3) is 0 Å². The van der Waals surface area contributed by atoms with Gasteiger partial charge in [0.2, 0.25) is 0 Å². The summed E-state index contributed by atoms with van der Waals surface area (Å²) in [5.74, 6) is 2.03. The Morgan fingerprint density at radius 1 is 1.29 bits per heavy atom. The van der Waals surface area contributed by atoms with Gasteiger partial charge in [-0.1, -0.05) is 24.3 Å². The number of hydrogen-bond acceptors (Lipinski definition) is 3. The van der Waals surface area contributed by atoms with Crippen molar-refractivity contribution in [1.29, 1.82) is 0 Å². The van der Waals surface area contributed by atoms with Crippen LogP contribution in [-0.2, 0) is 6.54 Å². The van der Waals surface area contributed by atoms with E-state index in [0.29, 0.717) is 0 Å². The van der Waals surface area contributed by atoms with Crippen molar-refractivity contribution < 1.29 is 0 Å². The summed E-state index contributed by atoms with van der Waals surface area (Å²) in [6.07, 6.45) is 0. The quantitative estimate of drug-likeness (QED) is 0.811. The predicted molar refractivity (Wildman–Crippen MR) is 66.6 cm³/mol. The Balaban J connectivity index is 2.14. The highest BCUT2D eigenvalue weighted by atomic mass is 15.3. The second kappa shape index (κ2) is 3.96. The lowest BCUT2D eigenvalue weighted by Crippen LogP contribution is -2.32. The second-order valence-corrected chi connectivity index (χ2v) is 4.52. The number of nitrogens with one attached hydrogen (secondary N) is 1. The van der Waals surface area contributed by atoms with E-state index in [1.54, 1.807) is 0 Å². The highest BCUT2D eigenvalue weighted by Crippen LogP contribution is 2.25. The molecule has 3 rings (SSSR count). The normalized spacial score (nSPS) is 19.1. The average Bonchev–Trinajstić information content (AvgIpc) is 2.75. The molecule has 2 heterocycles. The van der Waals surface area contributed by atoms with E-state index in [9.17, 15) is 0 Å². The van der Waals surface area contributed by atoms with E-state index in [-0.39, 0.29) is 6.04 Å². The van der Waals surface area contributed by atoms with Crippen LogP contribution >= 0.6 is 0 Å². The molecule has 0 spiro atoms. The molecule has 17 heavy (non-hydrogen) atoms. The smallest absolute Gasteiger partial charge is 0.164 e. The topological polar surface area (TPSA) is 42.7 Å². The summed E-state index contributed by atoms with van der Waals surface area (Å²) in [6.45, 7) is 6.16. The maximum absolute atomic E-state index is 4.35. The van der Waals surface area contributed by atoms with Crippen molar-refractivity contribution >= 4 is 0 Å². The molecule has 4 heteroatoms. The Bertz CT molecular complexity index is 544. The lowest BCUT2D eigenvalue weighted by atomic mass is 10.1. The summed E-state index contributed by atoms with van der Waals surface area (Å²) >= 11 is 0. The summed E-state index contributed by atoms with van der Waals surface area (Å²) in [7, 11) is 0. The average molecular weight is 228 g/mol. The first-order valence-corrected chi connectivity index (χ1v) is 6.00. The molecule has 1 aliphatic rings. The first kappa shape index (κ1) is 10.5. The van der Waals surface area contributed by atoms with Crippen molar-refractivity contribution in [3.05, 3.63) is 35.7 Å². The molecule has 4 nitrogen and oxygen atoms in total. The Morgan fingerprint density at radius 2 is 2.12 bits per heavy atom. The van der Waals surface area contributed by atoms with Crippen molar-refractivity contribution in [1.82, 2.24) is 20.1 Å². The molecular formula is C13H16N4. The van der Waals surface area contributed by atoms with Crippen molar-refractivity contribution in [2.45, 2.75) is 26.4 Å². The molecule has 1 unspecified atom stereocenters. The molecule has 0 amide bonds. The molecule has 1 aliphatic heterocycles. The van der Waals surface area contributed by atoms with Crippen LogP contribution in [0.15, 0.2) is 24.3 Å². The first-order chi connectivity index (χ1) is 8.27. The van der Waals surface area contributed by atoms with Gasteiger partial charge < -0.3 is 9.88 Å². The van der Waals surface area contributed by atoms with E-state index < -0.39 is 0 Å². The summed E-state index contributed by atoms with van der Waals surface area (Å²) < 4.78 is 2.23. The predicted octanol–water partition coefficient (Wildman–Crippen LogP) is 1.92. The molecule has 1 atom stereocenters. The number of fused-ring (bicyclic) bond motifs is 1. The number of rotatable bonds is 1. The van der Waals surface area contributed by atoms with Gasteiger partial charge in [-0.3, -0.25) is 0 Å². The highest BCUT2D eigenvalue weighted by Gasteiger charge is 2.22. The lowest BCUT2D eigenvalue weighted by molar-refractivity contribution is 0.439. The highest BCUT2D eigenvalue weighted by molar-refractivity contribution is 5.60. The van der Waals surface area contributed by atoms with E-state index in [1.165, 1.54) is 11.1 Å². The molecule has 0 saturated carbocycles. The minimum Gasteiger partial charge on any atom is -0.308 e. The third-order valence-electron chi connectivity index (χ3n) is 3.34. The van der Waals surface area contributed by atoms with Gasteiger partial charge in [-0.2, -0.15) is 0 Å². The standard InChI is InChI=1S/C13H16N4/c1-9-5-3-4-6-11(9)13-16-15-12-10(2)14-7-8-17(12)13/h3-6,10,14H,7-8H2,1-2H3. The van der Waals surface area contributed by atoms with E-state index >= 15 is 0 Å². The zero-order valence-electron chi connectivity index (χ0n) is 10.1. The number of aryl methyl sites for hydroxylation is 1. The zero-order chi connectivity index (χ0) is 11.8. The summed E-state index contributed by atoms with van der Waals surface area (Å²) in [6, 6.07) is 8.61. The van der Waals surface area contributed by atoms with Gasteiger partial charge >= 0.3 is 0 Å². The van der Waals surface area contributed by atoms with Crippen molar-refractivity contribution in [3.8, 4) is 11.4 Å². The van der Waals surface area contributed by atoms with E-state index in [2.05, 4.69) is 58.2 Å². The minimum absolute atomic E-state index is 0.286. The van der Waals surface area contributed by atoms with E-state index in [0.717, 1.165) is 24.7 Å². The third kappa shape index (κ3) is 1.65. The maximum atomic E-state index is 4.35. The number of benzene rings is 1. The summed E-state index contributed by atoms with van der Waals surface area (Å²) in [4.78, 5) is 0. The Labute approximate surface area is 101 Å². The van der Waals surface area contributed by atoms with Gasteiger partial charge in [0.1, 0.15) is 5.82 Å². The van der Waals surface area contributed by atoms with Gasteiger partial charge in [-0.25, -0.2) is 0 Å². The fourth-order valence-corrected chi connectivity index (χ4v) is 2.36. The van der Waals surface area contributed by atoms with Crippen LogP contribution in [0.1, 0.15) is 24.4 Å². The Hall–Kier alpha value is -1.68. The van der Waals surface area contributed by atoms with Crippen LogP contribution in [0.25, 0.3) is 11.4 Å². The molecule has 0 radical (unpaired) electrons. The van der Waals surface area contributed by atoms with Crippen LogP contribution < -0.4 is 5.32 Å². The zero-order valence-corrected chi connectivity index (χ0v) is 10.1. The second-order valence-electron chi connectivity index (χ2n) is 4.52. The minimum atomic E-state index is 0.286. The molecule has 1 N–H and O–H groups in total. The van der Waals surface area contributed by atoms with Crippen LogP contribution in [0, 0.1) is 6.92 Å². The fourth-order valence-electron chi connectivity index (χ4n) is 2.36. The maximum Gasteiger partial charge on any atom is 0.164 e. The SMILES string of the molecule is Cc1ccccc1-c1nnc2n1CCNC2C. The van der Waals surface area contributed by atoms with Crippen LogP contribution in [0.3, 0.4) is 0 Å². The Kier molecular flexibility index (Phi) is 2.44. The Morgan fingerprint density at radius 3 is 2.94 bits per heavy atom. The monoisotopic (exact) mass is 228 g/mol. The third-order valence-corrected chi connectivity index (χ3v) is 3.34. The van der Waals surface area contributed by atoms with Gasteiger partial charge in [0.05, 0.1) is 6.04 Å². The van der Waals surface area contributed by atoms with E-state index in [4.69, 9.17) is 0 Å². The molecule has 0 bridgehead atoms. The summed E-state index contributed by atoms with van der Waals surface area (Å²) in [5.41, 5.74) is 2.43. The molecule has 0 saturated heterocycles. The number of aromatic nitrogens is 3. The van der Waals surface area contributed by atoms with Gasteiger partial charge in [-0.05, 0) is 19.4 Å². The van der Waals surface area contributed by atoms with Gasteiger partial charge in [0, 0.05) is 18.7 Å². The van der Waals surface area contributed by atoms with Crippen LogP contribution in [0.4, 0.5) is 0 Å². The molecule has 1 aromatic heterocycles. The van der Waals surface area contributed by atoms with Gasteiger partial charge in [-0.15, -0.1) is 10.2 Å². The van der Waals surface area contributed by atoms with Crippen LogP contribution in [0.2, 0.25) is 0 Å². The van der Waals surface area contributed by atoms with Crippen LogP contribution in [-0.4, -0.2) is 21.3 Å². The molecule has 1 aromatic carbocycles. The van der Waals surface area contributed by atoms with Crippen molar-refractivity contribution in [2.75, 3.05) is 6.54 Å². The molecule has 0 fully saturated rings. The molecule has 88 valence electrons. The molecule has 0 aliphatic carbocycles. The number of nitrogens with zero attached hydrogens (tertiary/aromatic N) is 3. The van der Waals surface area contributed by atoms with E-state index in [1.807, 2.05) is 0 Å². The van der Waals surface area contributed by atoms with Crippen molar-refractivity contribution in [3.63, 3.8) is 0 Å². The molecular weight excluding hydrogens is 212 g/mol. The fraction of sp³-hybridized carbons (Fsp3) is 0.385. The number of hydrogen-bond donors (Lipinski definition) is 1. The lowest BCUT2D eigenvalue weighted by Gasteiger charge is -2.22. The van der Waals surface area contributed by atoms with Gasteiger partial charge in [0.15, 0.2) is 5.82 Å². The van der Waals surface area contributed by atoms with Crippen LogP contribution in [0.5, 0.6) is 0 Å². The molecule has 2 aromatic rings. The summed E-state index contributed by atoms with van der Waals surface area (Å²) in [5, 5.41) is 12.1. The largest absolute Gasteiger partial charge is 0.308 e. The first-order valence-electron chi connectivity index (χ1n) is 6.00.